The van der Waals surface area contributed by atoms with E-state index in [4.69, 9.17) is 0 Å². The molecule has 0 saturated carbocycles. The van der Waals surface area contributed by atoms with Crippen LogP contribution in [-0.4, -0.2) is 28.8 Å². The van der Waals surface area contributed by atoms with Crippen molar-refractivity contribution in [2.75, 3.05) is 6.54 Å². The van der Waals surface area contributed by atoms with Gasteiger partial charge in [0.25, 0.3) is 0 Å². The number of benzene rings is 1. The summed E-state index contributed by atoms with van der Waals surface area (Å²) in [4.78, 5) is 16.4. The van der Waals surface area contributed by atoms with Gasteiger partial charge in [-0.15, -0.1) is 11.3 Å². The van der Waals surface area contributed by atoms with E-state index < -0.39 is 6.10 Å². The smallest absolute Gasteiger partial charge is 0.315 e. The summed E-state index contributed by atoms with van der Waals surface area (Å²) in [5, 5.41) is 18.4. The minimum Gasteiger partial charge on any atom is -0.391 e. The molecule has 1 atom stereocenters. The Morgan fingerprint density at radius 2 is 1.92 bits per heavy atom. The van der Waals surface area contributed by atoms with Crippen molar-refractivity contribution < 1.29 is 9.90 Å². The van der Waals surface area contributed by atoms with Gasteiger partial charge in [0.15, 0.2) is 0 Å². The average Bonchev–Trinajstić information content (AvgIpc) is 3.09. The molecule has 1 heterocycles. The molecule has 2 amide bonds. The number of amides is 2. The summed E-state index contributed by atoms with van der Waals surface area (Å²) in [5.41, 5.74) is 1.90. The van der Waals surface area contributed by atoms with Crippen LogP contribution in [0.4, 0.5) is 4.79 Å². The van der Waals surface area contributed by atoms with E-state index in [1.54, 1.807) is 11.3 Å². The van der Waals surface area contributed by atoms with Gasteiger partial charge in [0, 0.05) is 17.5 Å². The predicted molar refractivity (Wildman–Crippen MR) is 97.9 cm³/mol. The highest BCUT2D eigenvalue weighted by Crippen LogP contribution is 2.23. The Kier molecular flexibility index (Phi) is 7.21. The largest absolute Gasteiger partial charge is 0.391 e. The highest BCUT2D eigenvalue weighted by molar-refractivity contribution is 7.13. The van der Waals surface area contributed by atoms with Gasteiger partial charge in [0.05, 0.1) is 18.3 Å². The molecule has 0 spiro atoms. The number of thiazole rings is 1. The number of aliphatic hydroxyl groups is 1. The number of rotatable bonds is 8. The molecule has 3 N–H and O–H groups in total. The maximum Gasteiger partial charge on any atom is 0.315 e. The molecule has 130 valence electrons. The van der Waals surface area contributed by atoms with E-state index in [9.17, 15) is 9.90 Å². The molecule has 0 bridgehead atoms. The number of hydrogen-bond donors (Lipinski definition) is 3. The molecule has 1 aromatic carbocycles. The zero-order valence-electron chi connectivity index (χ0n) is 14.2. The minimum atomic E-state index is -0.505. The Balaban J connectivity index is 1.77. The fourth-order valence-corrected chi connectivity index (χ4v) is 3.36. The molecule has 2 rings (SSSR count). The molecule has 6 heteroatoms. The van der Waals surface area contributed by atoms with Crippen LogP contribution in [-0.2, 0) is 6.54 Å². The first kappa shape index (κ1) is 18.4. The number of hydrogen-bond acceptors (Lipinski definition) is 4. The van der Waals surface area contributed by atoms with Crippen molar-refractivity contribution >= 4 is 17.4 Å². The Morgan fingerprint density at radius 3 is 2.58 bits per heavy atom. The summed E-state index contributed by atoms with van der Waals surface area (Å²) < 4.78 is 0. The molecule has 0 aliphatic heterocycles. The van der Waals surface area contributed by atoms with Crippen LogP contribution in [0.2, 0.25) is 0 Å². The van der Waals surface area contributed by atoms with Crippen molar-refractivity contribution in [1.29, 1.82) is 0 Å². The molecule has 24 heavy (non-hydrogen) atoms. The van der Waals surface area contributed by atoms with Crippen LogP contribution in [0.5, 0.6) is 0 Å². The molecule has 2 aromatic rings. The van der Waals surface area contributed by atoms with Crippen LogP contribution in [0, 0.1) is 5.92 Å². The number of aromatic nitrogens is 1. The Bertz CT molecular complexity index is 626. The first-order chi connectivity index (χ1) is 11.6. The molecule has 0 fully saturated rings. The quantitative estimate of drug-likeness (QED) is 0.685. The van der Waals surface area contributed by atoms with E-state index in [1.165, 1.54) is 0 Å². The van der Waals surface area contributed by atoms with Gasteiger partial charge >= 0.3 is 6.03 Å². The van der Waals surface area contributed by atoms with Crippen molar-refractivity contribution in [2.45, 2.75) is 39.3 Å². The van der Waals surface area contributed by atoms with Crippen molar-refractivity contribution in [3.8, 4) is 10.6 Å². The Hall–Kier alpha value is -1.92. The summed E-state index contributed by atoms with van der Waals surface area (Å²) in [6.07, 6.45) is 1.30. The zero-order valence-corrected chi connectivity index (χ0v) is 15.0. The molecule has 5 nitrogen and oxygen atoms in total. The van der Waals surface area contributed by atoms with Crippen LogP contribution < -0.4 is 10.6 Å². The Morgan fingerprint density at radius 1 is 1.21 bits per heavy atom. The highest BCUT2D eigenvalue weighted by Gasteiger charge is 2.16. The van der Waals surface area contributed by atoms with E-state index in [0.717, 1.165) is 29.1 Å². The lowest BCUT2D eigenvalue weighted by atomic mass is 9.97. The lowest BCUT2D eigenvalue weighted by molar-refractivity contribution is 0.103. The third kappa shape index (κ3) is 5.32. The molecule has 0 aliphatic carbocycles. The number of carbonyl (C=O) groups is 1. The van der Waals surface area contributed by atoms with E-state index in [-0.39, 0.29) is 18.5 Å². The summed E-state index contributed by atoms with van der Waals surface area (Å²) >= 11 is 1.56. The lowest BCUT2D eigenvalue weighted by Crippen LogP contribution is -2.41. The zero-order chi connectivity index (χ0) is 17.4. The average molecular weight is 347 g/mol. The monoisotopic (exact) mass is 347 g/mol. The first-order valence-corrected chi connectivity index (χ1v) is 9.21. The maximum atomic E-state index is 11.8. The number of nitrogens with one attached hydrogen (secondary N) is 2. The fourth-order valence-electron chi connectivity index (χ4n) is 2.53. The molecule has 0 aliphatic rings. The lowest BCUT2D eigenvalue weighted by Gasteiger charge is -2.20. The predicted octanol–water partition coefficient (Wildman–Crippen LogP) is 3.41. The number of nitrogens with zero attached hydrogens (tertiary/aromatic N) is 1. The van der Waals surface area contributed by atoms with Crippen molar-refractivity contribution in [3.63, 3.8) is 0 Å². The number of urea groups is 1. The normalized spacial score (nSPS) is 12.2. The van der Waals surface area contributed by atoms with Gasteiger partial charge < -0.3 is 15.7 Å². The number of aliphatic hydroxyl groups excluding tert-OH is 1. The van der Waals surface area contributed by atoms with Gasteiger partial charge in [0.1, 0.15) is 5.01 Å². The van der Waals surface area contributed by atoms with Crippen LogP contribution in [0.25, 0.3) is 10.6 Å². The van der Waals surface area contributed by atoms with Gasteiger partial charge in [-0.25, -0.2) is 9.78 Å². The van der Waals surface area contributed by atoms with Gasteiger partial charge in [-0.2, -0.15) is 0 Å². The summed E-state index contributed by atoms with van der Waals surface area (Å²) in [6.45, 7) is 4.73. The SMILES string of the molecule is CCC(CC)C(O)CNC(=O)NCc1csc(-c2ccccc2)n1. The first-order valence-electron chi connectivity index (χ1n) is 8.33. The van der Waals surface area contributed by atoms with Gasteiger partial charge in [-0.3, -0.25) is 0 Å². The fraction of sp³-hybridized carbons (Fsp3) is 0.444. The summed E-state index contributed by atoms with van der Waals surface area (Å²) in [6, 6.07) is 9.68. The van der Waals surface area contributed by atoms with E-state index in [2.05, 4.69) is 15.6 Å². The topological polar surface area (TPSA) is 74.2 Å². The second-order valence-corrected chi connectivity index (χ2v) is 6.58. The molecule has 0 saturated heterocycles. The van der Waals surface area contributed by atoms with E-state index in [1.807, 2.05) is 49.6 Å². The van der Waals surface area contributed by atoms with Crippen LogP contribution in [0.15, 0.2) is 35.7 Å². The third-order valence-electron chi connectivity index (χ3n) is 4.07. The standard InChI is InChI=1S/C18H25N3O2S/c1-3-13(4-2)16(22)11-20-18(23)19-10-15-12-24-17(21-15)14-8-6-5-7-9-14/h5-9,12-13,16,22H,3-4,10-11H2,1-2H3,(H2,19,20,23). The van der Waals surface area contributed by atoms with E-state index in [0.29, 0.717) is 6.54 Å². The molecular formula is C18H25N3O2S. The van der Waals surface area contributed by atoms with Crippen LogP contribution >= 0.6 is 11.3 Å². The second-order valence-electron chi connectivity index (χ2n) is 5.72. The molecule has 1 aromatic heterocycles. The van der Waals surface area contributed by atoms with Crippen LogP contribution in [0.1, 0.15) is 32.4 Å². The summed E-state index contributed by atoms with van der Waals surface area (Å²) in [5.74, 6) is 0.220. The summed E-state index contributed by atoms with van der Waals surface area (Å²) in [7, 11) is 0. The van der Waals surface area contributed by atoms with Crippen molar-refractivity contribution in [2.24, 2.45) is 5.92 Å². The van der Waals surface area contributed by atoms with Crippen molar-refractivity contribution in [1.82, 2.24) is 15.6 Å². The number of carbonyl (C=O) groups excluding carboxylic acids is 1. The molecular weight excluding hydrogens is 322 g/mol. The van der Waals surface area contributed by atoms with Crippen LogP contribution in [0.3, 0.4) is 0 Å². The van der Waals surface area contributed by atoms with E-state index >= 15 is 0 Å². The van der Waals surface area contributed by atoms with Crippen molar-refractivity contribution in [3.05, 3.63) is 41.4 Å². The molecule has 1 unspecified atom stereocenters. The molecule has 0 radical (unpaired) electrons. The van der Waals surface area contributed by atoms with Gasteiger partial charge in [-0.05, 0) is 5.92 Å². The minimum absolute atomic E-state index is 0.220. The highest BCUT2D eigenvalue weighted by atomic mass is 32.1. The maximum absolute atomic E-state index is 11.8. The van der Waals surface area contributed by atoms with Gasteiger partial charge in [-0.1, -0.05) is 57.0 Å². The van der Waals surface area contributed by atoms with Gasteiger partial charge in [0.2, 0.25) is 0 Å². The second kappa shape index (κ2) is 9.39. The third-order valence-corrected chi connectivity index (χ3v) is 5.01. The Labute approximate surface area is 147 Å².